The number of esters is 1. The normalized spacial score (nSPS) is 10.4. The fraction of sp³-hybridized carbons (Fsp3) is 0.273. The van der Waals surface area contributed by atoms with Gasteiger partial charge in [-0.15, -0.1) is 0 Å². The van der Waals surface area contributed by atoms with Gasteiger partial charge in [0.15, 0.2) is 0 Å². The molecule has 1 aromatic carbocycles. The van der Waals surface area contributed by atoms with Crippen molar-refractivity contribution in [3.63, 3.8) is 0 Å². The first kappa shape index (κ1) is 12.8. The van der Waals surface area contributed by atoms with E-state index in [2.05, 4.69) is 15.1 Å². The quantitative estimate of drug-likeness (QED) is 0.207. The molecule has 1 rings (SSSR count). The molecule has 90 valence electrons. The molecule has 0 aliphatic heterocycles. The van der Waals surface area contributed by atoms with E-state index in [0.717, 1.165) is 5.56 Å². The molecule has 0 atom stereocenters. The van der Waals surface area contributed by atoms with Crippen LogP contribution in [0.15, 0.2) is 34.6 Å². The zero-order valence-electron chi connectivity index (χ0n) is 9.42. The van der Waals surface area contributed by atoms with Crippen LogP contribution in [-0.4, -0.2) is 18.4 Å². The van der Waals surface area contributed by atoms with Crippen LogP contribution in [0.4, 0.5) is 0 Å². The summed E-state index contributed by atoms with van der Waals surface area (Å²) in [4.78, 5) is 22.8. The van der Waals surface area contributed by atoms with Gasteiger partial charge >= 0.3 is 5.97 Å². The van der Waals surface area contributed by atoms with Crippen LogP contribution in [0.25, 0.3) is 0 Å². The van der Waals surface area contributed by atoms with E-state index in [1.54, 1.807) is 31.2 Å². The van der Waals surface area contributed by atoms with Gasteiger partial charge in [-0.3, -0.25) is 4.79 Å². The molecule has 0 aromatic heterocycles. The summed E-state index contributed by atoms with van der Waals surface area (Å²) in [6.07, 6.45) is 0. The zero-order valence-corrected chi connectivity index (χ0v) is 9.42. The van der Waals surface area contributed by atoms with E-state index in [1.807, 2.05) is 0 Å². The van der Waals surface area contributed by atoms with Gasteiger partial charge in [-0.05, 0) is 18.6 Å². The number of carbonyl (C=O) groups excluding carboxylic acids is 2. The molecule has 6 heteroatoms. The van der Waals surface area contributed by atoms with E-state index in [1.165, 1.54) is 0 Å². The van der Waals surface area contributed by atoms with Crippen LogP contribution in [0.1, 0.15) is 22.8 Å². The summed E-state index contributed by atoms with van der Waals surface area (Å²) in [5.41, 5.74) is 1.02. The van der Waals surface area contributed by atoms with Crippen LogP contribution in [0.2, 0.25) is 0 Å². The second-order valence-electron chi connectivity index (χ2n) is 3.16. The molecule has 0 aliphatic rings. The average molecular weight is 235 g/mol. The summed E-state index contributed by atoms with van der Waals surface area (Å²) in [6.45, 7) is 2.08. The van der Waals surface area contributed by atoms with Crippen molar-refractivity contribution in [3.05, 3.63) is 35.4 Å². The molecule has 0 heterocycles. The van der Waals surface area contributed by atoms with Gasteiger partial charge in [0.25, 0.3) is 5.78 Å². The minimum absolute atomic E-state index is 0.172. The van der Waals surface area contributed by atoms with Crippen LogP contribution < -0.4 is 5.84 Å². The van der Waals surface area contributed by atoms with E-state index in [0.29, 0.717) is 0 Å². The maximum atomic E-state index is 11.6. The summed E-state index contributed by atoms with van der Waals surface area (Å²) in [5.74, 6) is 3.35. The first-order valence-electron chi connectivity index (χ1n) is 5.06. The van der Waals surface area contributed by atoms with Crippen LogP contribution in [0, 0.1) is 0 Å². The Morgan fingerprint density at radius 1 is 1.41 bits per heavy atom. The smallest absolute Gasteiger partial charge is 0.379 e. The molecule has 0 fully saturated rings. The van der Waals surface area contributed by atoms with Crippen molar-refractivity contribution in [1.29, 1.82) is 0 Å². The highest BCUT2D eigenvalue weighted by molar-refractivity contribution is 6.40. The molecular weight excluding hydrogens is 222 g/mol. The van der Waals surface area contributed by atoms with Crippen LogP contribution in [0.5, 0.6) is 0 Å². The number of nitrogens with zero attached hydrogens (tertiary/aromatic N) is 2. The van der Waals surface area contributed by atoms with Gasteiger partial charge in [0.1, 0.15) is 0 Å². The first-order valence-corrected chi connectivity index (χ1v) is 5.06. The SMILES string of the molecule is CCOC(=O)C(=O)c1cccc(CN=NN)c1. The molecule has 0 saturated carbocycles. The Morgan fingerprint density at radius 2 is 2.18 bits per heavy atom. The highest BCUT2D eigenvalue weighted by Gasteiger charge is 2.17. The number of Topliss-reactive ketones (excluding diaryl/α,β-unsaturated/α-hetero) is 1. The largest absolute Gasteiger partial charge is 0.460 e. The molecular formula is C11H13N3O3. The summed E-state index contributed by atoms with van der Waals surface area (Å²) in [5, 5.41) is 6.72. The maximum absolute atomic E-state index is 11.6. The van der Waals surface area contributed by atoms with Gasteiger partial charge in [-0.2, -0.15) is 5.11 Å². The third kappa shape index (κ3) is 3.67. The first-order chi connectivity index (χ1) is 8.19. The number of carbonyl (C=O) groups is 2. The highest BCUT2D eigenvalue weighted by atomic mass is 16.5. The predicted octanol–water partition coefficient (Wildman–Crippen LogP) is 1.26. The van der Waals surface area contributed by atoms with Gasteiger partial charge in [0.05, 0.1) is 13.2 Å². The van der Waals surface area contributed by atoms with E-state index in [4.69, 9.17) is 5.84 Å². The number of hydrogen-bond acceptors (Lipinski definition) is 5. The Hall–Kier alpha value is -2.24. The van der Waals surface area contributed by atoms with Gasteiger partial charge in [0, 0.05) is 5.56 Å². The van der Waals surface area contributed by atoms with Crippen molar-refractivity contribution in [2.75, 3.05) is 6.61 Å². The van der Waals surface area contributed by atoms with E-state index in [9.17, 15) is 9.59 Å². The summed E-state index contributed by atoms with van der Waals surface area (Å²) in [6, 6.07) is 6.53. The van der Waals surface area contributed by atoms with Gasteiger partial charge < -0.3 is 10.6 Å². The summed E-state index contributed by atoms with van der Waals surface area (Å²) in [7, 11) is 0. The van der Waals surface area contributed by atoms with Crippen LogP contribution >= 0.6 is 0 Å². The minimum Gasteiger partial charge on any atom is -0.460 e. The van der Waals surface area contributed by atoms with Gasteiger partial charge in [0.2, 0.25) is 0 Å². The lowest BCUT2D eigenvalue weighted by atomic mass is 10.1. The number of ketones is 1. The number of rotatable bonds is 5. The monoisotopic (exact) mass is 235 g/mol. The average Bonchev–Trinajstić information content (AvgIpc) is 2.36. The standard InChI is InChI=1S/C11H13N3O3/c1-2-17-11(16)10(15)9-5-3-4-8(6-9)7-13-14-12/h3-6H,2,7H2,1H3,(H2,12,13). The number of ether oxygens (including phenoxy) is 1. The Morgan fingerprint density at radius 3 is 2.82 bits per heavy atom. The van der Waals surface area contributed by atoms with Crippen molar-refractivity contribution >= 4 is 11.8 Å². The Balaban J connectivity index is 2.83. The van der Waals surface area contributed by atoms with Crippen molar-refractivity contribution in [2.24, 2.45) is 16.2 Å². The molecule has 17 heavy (non-hydrogen) atoms. The second-order valence-corrected chi connectivity index (χ2v) is 3.16. The third-order valence-electron chi connectivity index (χ3n) is 1.98. The molecule has 1 aromatic rings. The molecule has 2 N–H and O–H groups in total. The van der Waals surface area contributed by atoms with Crippen LogP contribution in [0.3, 0.4) is 0 Å². The highest BCUT2D eigenvalue weighted by Crippen LogP contribution is 2.08. The minimum atomic E-state index is -0.856. The third-order valence-corrected chi connectivity index (χ3v) is 1.98. The molecule has 6 nitrogen and oxygen atoms in total. The lowest BCUT2D eigenvalue weighted by molar-refractivity contribution is -0.137. The molecule has 0 aliphatic carbocycles. The maximum Gasteiger partial charge on any atom is 0.379 e. The Bertz CT molecular complexity index is 443. The molecule has 0 spiro atoms. The van der Waals surface area contributed by atoms with Gasteiger partial charge in [-0.25, -0.2) is 4.79 Å². The predicted molar refractivity (Wildman–Crippen MR) is 60.2 cm³/mol. The molecule has 0 unspecified atom stereocenters. The lowest BCUT2D eigenvalue weighted by Gasteiger charge is -2.02. The summed E-state index contributed by atoms with van der Waals surface area (Å²) < 4.78 is 4.63. The Labute approximate surface area is 98.4 Å². The fourth-order valence-electron chi connectivity index (χ4n) is 1.25. The molecule has 0 bridgehead atoms. The zero-order chi connectivity index (χ0) is 12.7. The van der Waals surface area contributed by atoms with Gasteiger partial charge in [-0.1, -0.05) is 23.4 Å². The van der Waals surface area contributed by atoms with Crippen molar-refractivity contribution < 1.29 is 14.3 Å². The van der Waals surface area contributed by atoms with E-state index >= 15 is 0 Å². The van der Waals surface area contributed by atoms with Crippen molar-refractivity contribution in [2.45, 2.75) is 13.5 Å². The number of benzene rings is 1. The van der Waals surface area contributed by atoms with Crippen molar-refractivity contribution in [1.82, 2.24) is 0 Å². The second kappa shape index (κ2) is 6.37. The fourth-order valence-corrected chi connectivity index (χ4v) is 1.25. The lowest BCUT2D eigenvalue weighted by Crippen LogP contribution is -2.17. The molecule has 0 saturated heterocycles. The van der Waals surface area contributed by atoms with E-state index < -0.39 is 11.8 Å². The topological polar surface area (TPSA) is 94.1 Å². The Kier molecular flexibility index (Phi) is 4.80. The van der Waals surface area contributed by atoms with Crippen molar-refractivity contribution in [3.8, 4) is 0 Å². The molecule has 0 radical (unpaired) electrons. The van der Waals surface area contributed by atoms with E-state index in [-0.39, 0.29) is 18.7 Å². The summed E-state index contributed by atoms with van der Waals surface area (Å²) >= 11 is 0. The number of nitrogens with two attached hydrogens (primary N) is 1. The van der Waals surface area contributed by atoms with Crippen LogP contribution in [-0.2, 0) is 16.1 Å². The molecule has 0 amide bonds. The number of hydrogen-bond donors (Lipinski definition) is 1.